The molecule has 18 heavy (non-hydrogen) atoms. The van der Waals surface area contributed by atoms with Gasteiger partial charge in [0, 0.05) is 0 Å². The van der Waals surface area contributed by atoms with Gasteiger partial charge in [0.05, 0.1) is 0 Å². The number of benzene rings is 1. The first-order valence-corrected chi connectivity index (χ1v) is 7.27. The molecule has 1 rings (SSSR count). The first-order valence-electron chi connectivity index (χ1n) is 7.27. The molecule has 0 amide bonds. The zero-order valence-electron chi connectivity index (χ0n) is 13.6. The quantitative estimate of drug-likeness (QED) is 0.664. The minimum absolute atomic E-state index is 0.421. The molecule has 102 valence electrons. The molecule has 0 spiro atoms. The van der Waals surface area contributed by atoms with E-state index in [0.29, 0.717) is 5.41 Å². The highest BCUT2D eigenvalue weighted by Gasteiger charge is 2.16. The highest BCUT2D eigenvalue weighted by atomic mass is 14.2. The highest BCUT2D eigenvalue weighted by Crippen LogP contribution is 2.30. The zero-order valence-corrected chi connectivity index (χ0v) is 13.6. The molecule has 0 bridgehead atoms. The van der Waals surface area contributed by atoms with Crippen LogP contribution < -0.4 is 0 Å². The molecule has 0 heterocycles. The average Bonchev–Trinajstić information content (AvgIpc) is 2.25. The molecule has 0 aliphatic rings. The smallest absolute Gasteiger partial charge is 0.0268 e. The van der Waals surface area contributed by atoms with Crippen molar-refractivity contribution in [3.8, 4) is 0 Å². The van der Waals surface area contributed by atoms with E-state index in [0.717, 1.165) is 6.42 Å². The molecule has 0 saturated carbocycles. The van der Waals surface area contributed by atoms with Crippen molar-refractivity contribution in [2.24, 2.45) is 5.41 Å². The Bertz CT molecular complexity index is 431. The first kappa shape index (κ1) is 15.3. The van der Waals surface area contributed by atoms with Crippen LogP contribution in [-0.2, 0) is 12.8 Å². The van der Waals surface area contributed by atoms with E-state index in [2.05, 4.69) is 55.4 Å². The van der Waals surface area contributed by atoms with Gasteiger partial charge in [0.25, 0.3) is 0 Å². The van der Waals surface area contributed by atoms with Gasteiger partial charge in [-0.25, -0.2) is 0 Å². The molecule has 0 unspecified atom stereocenters. The molecule has 0 aliphatic carbocycles. The minimum Gasteiger partial charge on any atom is -0.0613 e. The van der Waals surface area contributed by atoms with Crippen molar-refractivity contribution in [2.75, 3.05) is 0 Å². The molecule has 1 aromatic carbocycles. The molecule has 0 nitrogen and oxygen atoms in total. The maximum atomic E-state index is 2.33. The second-order valence-electron chi connectivity index (χ2n) is 6.87. The topological polar surface area (TPSA) is 0 Å². The van der Waals surface area contributed by atoms with Crippen molar-refractivity contribution in [2.45, 2.75) is 74.7 Å². The summed E-state index contributed by atoms with van der Waals surface area (Å²) in [4.78, 5) is 0. The van der Waals surface area contributed by atoms with Gasteiger partial charge in [-0.1, -0.05) is 27.7 Å². The first-order chi connectivity index (χ1) is 8.19. The summed E-state index contributed by atoms with van der Waals surface area (Å²) in [5.41, 5.74) is 9.67. The van der Waals surface area contributed by atoms with Crippen LogP contribution in [0.4, 0.5) is 0 Å². The molecule has 0 aliphatic heterocycles. The van der Waals surface area contributed by atoms with Gasteiger partial charge in [-0.05, 0) is 85.8 Å². The van der Waals surface area contributed by atoms with E-state index < -0.39 is 0 Å². The Morgan fingerprint density at radius 1 is 0.722 bits per heavy atom. The van der Waals surface area contributed by atoms with E-state index in [1.807, 2.05) is 0 Å². The molecular weight excluding hydrogens is 216 g/mol. The maximum absolute atomic E-state index is 2.33. The Morgan fingerprint density at radius 2 is 1.22 bits per heavy atom. The van der Waals surface area contributed by atoms with Crippen LogP contribution in [0, 0.1) is 33.1 Å². The van der Waals surface area contributed by atoms with Gasteiger partial charge in [0.1, 0.15) is 0 Å². The van der Waals surface area contributed by atoms with Gasteiger partial charge in [-0.15, -0.1) is 0 Å². The maximum Gasteiger partial charge on any atom is -0.0268 e. The number of hydrogen-bond acceptors (Lipinski definition) is 0. The van der Waals surface area contributed by atoms with Crippen molar-refractivity contribution in [1.82, 2.24) is 0 Å². The molecule has 0 saturated heterocycles. The Kier molecular flexibility index (Phi) is 4.64. The lowest BCUT2D eigenvalue weighted by molar-refractivity contribution is 0.377. The summed E-state index contributed by atoms with van der Waals surface area (Å²) in [6, 6.07) is 0. The van der Waals surface area contributed by atoms with Gasteiger partial charge in [-0.3, -0.25) is 0 Å². The lowest BCUT2D eigenvalue weighted by Gasteiger charge is -2.23. The summed E-state index contributed by atoms with van der Waals surface area (Å²) in [5, 5.41) is 0. The molecular formula is C18H30. The summed E-state index contributed by atoms with van der Waals surface area (Å²) in [5.74, 6) is 0. The third-order valence-electron chi connectivity index (χ3n) is 4.41. The normalized spacial score (nSPS) is 12.0. The fourth-order valence-corrected chi connectivity index (χ4v) is 2.88. The van der Waals surface area contributed by atoms with E-state index >= 15 is 0 Å². The molecule has 0 aromatic heterocycles. The average molecular weight is 246 g/mol. The molecule has 0 fully saturated rings. The van der Waals surface area contributed by atoms with E-state index in [-0.39, 0.29) is 0 Å². The Morgan fingerprint density at radius 3 is 1.67 bits per heavy atom. The third-order valence-corrected chi connectivity index (χ3v) is 4.41. The summed E-state index contributed by atoms with van der Waals surface area (Å²) < 4.78 is 0. The Labute approximate surface area is 114 Å². The third kappa shape index (κ3) is 3.16. The van der Waals surface area contributed by atoms with Crippen LogP contribution in [0.15, 0.2) is 0 Å². The molecule has 0 radical (unpaired) electrons. The van der Waals surface area contributed by atoms with E-state index in [1.165, 1.54) is 29.5 Å². The van der Waals surface area contributed by atoms with Gasteiger partial charge < -0.3 is 0 Å². The largest absolute Gasteiger partial charge is 0.0613 e. The van der Waals surface area contributed by atoms with Crippen LogP contribution in [0.2, 0.25) is 0 Å². The summed E-state index contributed by atoms with van der Waals surface area (Å²) in [7, 11) is 0. The predicted octanol–water partition coefficient (Wildman–Crippen LogP) is 5.46. The fraction of sp³-hybridized carbons (Fsp3) is 0.667. The fourth-order valence-electron chi connectivity index (χ4n) is 2.88. The lowest BCUT2D eigenvalue weighted by atomic mass is 9.82. The van der Waals surface area contributed by atoms with Crippen LogP contribution in [0.3, 0.4) is 0 Å². The van der Waals surface area contributed by atoms with Crippen LogP contribution in [0.1, 0.15) is 67.5 Å². The Hall–Kier alpha value is -0.780. The predicted molar refractivity (Wildman–Crippen MR) is 82.5 cm³/mol. The van der Waals surface area contributed by atoms with Crippen LogP contribution in [0.5, 0.6) is 0 Å². The summed E-state index contributed by atoms with van der Waals surface area (Å²) in [6.45, 7) is 18.4. The molecule has 0 N–H and O–H groups in total. The van der Waals surface area contributed by atoms with E-state index in [9.17, 15) is 0 Å². The molecule has 1 aromatic rings. The summed E-state index contributed by atoms with van der Waals surface area (Å²) in [6.07, 6.45) is 3.64. The second kappa shape index (κ2) is 5.47. The monoisotopic (exact) mass is 246 g/mol. The summed E-state index contributed by atoms with van der Waals surface area (Å²) >= 11 is 0. The lowest BCUT2D eigenvalue weighted by Crippen LogP contribution is -2.10. The second-order valence-corrected chi connectivity index (χ2v) is 6.87. The van der Waals surface area contributed by atoms with Crippen LogP contribution >= 0.6 is 0 Å². The van der Waals surface area contributed by atoms with Crippen molar-refractivity contribution < 1.29 is 0 Å². The number of rotatable bonds is 3. The molecule has 0 atom stereocenters. The minimum atomic E-state index is 0.421. The number of hydrogen-bond donors (Lipinski definition) is 0. The Balaban J connectivity index is 3.23. The van der Waals surface area contributed by atoms with Crippen LogP contribution in [-0.4, -0.2) is 0 Å². The SMILES string of the molecule is CCc1c(C)c(C)c(C)c(CCC(C)(C)C)c1C. The van der Waals surface area contributed by atoms with Gasteiger partial charge in [0.15, 0.2) is 0 Å². The standard InChI is InChI=1S/C18H30/c1-9-16-13(3)12(2)14(4)17(15(16)5)10-11-18(6,7)8/h9-11H2,1-8H3. The van der Waals surface area contributed by atoms with Gasteiger partial charge >= 0.3 is 0 Å². The van der Waals surface area contributed by atoms with Crippen molar-refractivity contribution in [1.29, 1.82) is 0 Å². The van der Waals surface area contributed by atoms with Crippen molar-refractivity contribution in [3.05, 3.63) is 33.4 Å². The van der Waals surface area contributed by atoms with Gasteiger partial charge in [-0.2, -0.15) is 0 Å². The highest BCUT2D eigenvalue weighted by molar-refractivity contribution is 5.50. The van der Waals surface area contributed by atoms with E-state index in [4.69, 9.17) is 0 Å². The zero-order chi connectivity index (χ0) is 14.1. The van der Waals surface area contributed by atoms with Gasteiger partial charge in [0.2, 0.25) is 0 Å². The van der Waals surface area contributed by atoms with Crippen LogP contribution in [0.25, 0.3) is 0 Å². The molecule has 0 heteroatoms. The van der Waals surface area contributed by atoms with E-state index in [1.54, 1.807) is 16.7 Å². The van der Waals surface area contributed by atoms with Crippen molar-refractivity contribution >= 4 is 0 Å². The van der Waals surface area contributed by atoms with Crippen molar-refractivity contribution in [3.63, 3.8) is 0 Å².